The van der Waals surface area contributed by atoms with E-state index in [9.17, 15) is 4.79 Å². The van der Waals surface area contributed by atoms with Gasteiger partial charge in [0.2, 0.25) is 0 Å². The molecule has 0 bridgehead atoms. The van der Waals surface area contributed by atoms with E-state index in [1.54, 1.807) is 12.1 Å². The second-order valence-electron chi connectivity index (χ2n) is 5.03. The van der Waals surface area contributed by atoms with E-state index in [1.165, 1.54) is 0 Å². The average Bonchev–Trinajstić information content (AvgIpc) is 2.87. The molecule has 3 nitrogen and oxygen atoms in total. The summed E-state index contributed by atoms with van der Waals surface area (Å²) in [6, 6.07) is 9.59. The molecule has 0 aliphatic heterocycles. The van der Waals surface area contributed by atoms with Crippen molar-refractivity contribution in [2.24, 2.45) is 0 Å². The first-order valence-corrected chi connectivity index (χ1v) is 6.93. The van der Waals surface area contributed by atoms with Gasteiger partial charge in [-0.3, -0.25) is 4.79 Å². The van der Waals surface area contributed by atoms with Crippen LogP contribution in [0.3, 0.4) is 0 Å². The molecule has 100 valence electrons. The smallest absolute Gasteiger partial charge is 0.198 e. The van der Waals surface area contributed by atoms with Gasteiger partial charge >= 0.3 is 0 Å². The van der Waals surface area contributed by atoms with E-state index < -0.39 is 0 Å². The number of nitrogens with zero attached hydrogens (tertiary/aromatic N) is 1. The van der Waals surface area contributed by atoms with E-state index >= 15 is 0 Å². The molecule has 0 unspecified atom stereocenters. The molecule has 0 N–H and O–H groups in total. The molecule has 1 aromatic heterocycles. The molecule has 0 spiro atoms. The number of carbonyl (C=O) groups is 1. The summed E-state index contributed by atoms with van der Waals surface area (Å²) in [6.07, 6.45) is 3.11. The molecule has 2 aromatic rings. The van der Waals surface area contributed by atoms with Gasteiger partial charge in [0.15, 0.2) is 11.5 Å². The first-order chi connectivity index (χ1) is 9.74. The maximum Gasteiger partial charge on any atom is 0.198 e. The van der Waals surface area contributed by atoms with Gasteiger partial charge in [-0.2, -0.15) is 5.26 Å². The molecule has 20 heavy (non-hydrogen) atoms. The number of hydrogen-bond donors (Lipinski definition) is 0. The van der Waals surface area contributed by atoms with Gasteiger partial charge in [0.05, 0.1) is 11.6 Å². The highest BCUT2D eigenvalue weighted by Gasteiger charge is 2.27. The van der Waals surface area contributed by atoms with Crippen LogP contribution in [0.5, 0.6) is 0 Å². The minimum absolute atomic E-state index is 0.112. The van der Waals surface area contributed by atoms with Gasteiger partial charge in [0.25, 0.3) is 0 Å². The topological polar surface area (TPSA) is 54.0 Å². The number of benzene rings is 1. The zero-order valence-electron chi connectivity index (χ0n) is 11.4. The van der Waals surface area contributed by atoms with Gasteiger partial charge in [0, 0.05) is 24.0 Å². The van der Waals surface area contributed by atoms with Crippen molar-refractivity contribution >= 4 is 5.78 Å². The lowest BCUT2D eigenvalue weighted by atomic mass is 9.90. The van der Waals surface area contributed by atoms with Crippen molar-refractivity contribution in [1.82, 2.24) is 0 Å². The normalized spacial score (nSPS) is 13.9. The Kier molecular flexibility index (Phi) is 3.15. The summed E-state index contributed by atoms with van der Waals surface area (Å²) in [4.78, 5) is 12.0. The Morgan fingerprint density at radius 1 is 1.25 bits per heavy atom. The molecule has 3 heteroatoms. The molecule has 1 aliphatic rings. The van der Waals surface area contributed by atoms with Crippen LogP contribution in [0.1, 0.15) is 47.2 Å². The molecule has 0 saturated heterocycles. The molecule has 3 rings (SSSR count). The fourth-order valence-electron chi connectivity index (χ4n) is 2.82. The van der Waals surface area contributed by atoms with Crippen molar-refractivity contribution in [2.45, 2.75) is 32.6 Å². The fraction of sp³-hybridized carbons (Fsp3) is 0.294. The number of fused-ring (bicyclic) bond motifs is 1. The van der Waals surface area contributed by atoms with Crippen LogP contribution in [0.15, 0.2) is 28.7 Å². The van der Waals surface area contributed by atoms with E-state index in [0.29, 0.717) is 17.7 Å². The lowest BCUT2D eigenvalue weighted by Gasteiger charge is -2.10. The molecular formula is C17H15NO2. The van der Waals surface area contributed by atoms with E-state index in [-0.39, 0.29) is 5.78 Å². The van der Waals surface area contributed by atoms with E-state index in [1.807, 2.05) is 19.1 Å². The van der Waals surface area contributed by atoms with Crippen molar-refractivity contribution < 1.29 is 9.21 Å². The Hall–Kier alpha value is -2.34. The highest BCUT2D eigenvalue weighted by Crippen LogP contribution is 2.37. The molecule has 0 atom stereocenters. The molecule has 0 amide bonds. The van der Waals surface area contributed by atoms with Crippen LogP contribution in [-0.2, 0) is 12.8 Å². The monoisotopic (exact) mass is 265 g/mol. The molecule has 0 radical (unpaired) electrons. The summed E-state index contributed by atoms with van der Waals surface area (Å²) >= 11 is 0. The quantitative estimate of drug-likeness (QED) is 0.827. The Balaban J connectivity index is 2.17. The maximum atomic E-state index is 12.0. The Morgan fingerprint density at radius 2 is 2.00 bits per heavy atom. The molecule has 0 fully saturated rings. The number of ketones is 1. The molecule has 1 aromatic carbocycles. The second kappa shape index (κ2) is 4.97. The summed E-state index contributed by atoms with van der Waals surface area (Å²) in [5.74, 6) is 1.53. The van der Waals surface area contributed by atoms with Crippen LogP contribution >= 0.6 is 0 Å². The zero-order valence-corrected chi connectivity index (χ0v) is 11.4. The van der Waals surface area contributed by atoms with Crippen LogP contribution in [0.25, 0.3) is 11.1 Å². The molecule has 1 aliphatic carbocycles. The third kappa shape index (κ3) is 1.94. The van der Waals surface area contributed by atoms with Gasteiger partial charge in [-0.15, -0.1) is 0 Å². The largest absolute Gasteiger partial charge is 0.457 e. The maximum absolute atomic E-state index is 12.0. The standard InChI is InChI=1S/C17H15NO2/c1-2-15-16(12-8-6-11(10-18)7-9-12)13-4-3-5-14(19)17(13)20-15/h6-9H,2-5H2,1H3. The number of carbonyl (C=O) groups excluding carboxylic acids is 1. The molecule has 1 heterocycles. The van der Waals surface area contributed by atoms with Gasteiger partial charge in [0.1, 0.15) is 5.76 Å². The van der Waals surface area contributed by atoms with Gasteiger partial charge < -0.3 is 4.42 Å². The van der Waals surface area contributed by atoms with Gasteiger partial charge in [-0.1, -0.05) is 19.1 Å². The number of nitriles is 1. The fourth-order valence-corrected chi connectivity index (χ4v) is 2.82. The van der Waals surface area contributed by atoms with E-state index in [0.717, 1.165) is 41.7 Å². The first kappa shape index (κ1) is 12.7. The SMILES string of the molecule is CCc1oc2c(c1-c1ccc(C#N)cc1)CCCC2=O. The van der Waals surface area contributed by atoms with Crippen molar-refractivity contribution in [3.63, 3.8) is 0 Å². The summed E-state index contributed by atoms with van der Waals surface area (Å²) in [5, 5.41) is 8.87. The predicted molar refractivity (Wildman–Crippen MR) is 75.5 cm³/mol. The summed E-state index contributed by atoms with van der Waals surface area (Å²) < 4.78 is 5.80. The third-order valence-electron chi connectivity index (χ3n) is 3.79. The number of hydrogen-bond acceptors (Lipinski definition) is 3. The first-order valence-electron chi connectivity index (χ1n) is 6.93. The Labute approximate surface area is 117 Å². The summed E-state index contributed by atoms with van der Waals surface area (Å²) in [7, 11) is 0. The highest BCUT2D eigenvalue weighted by atomic mass is 16.3. The third-order valence-corrected chi connectivity index (χ3v) is 3.79. The van der Waals surface area contributed by atoms with Gasteiger partial charge in [-0.25, -0.2) is 0 Å². The van der Waals surface area contributed by atoms with Crippen LogP contribution in [0.2, 0.25) is 0 Å². The van der Waals surface area contributed by atoms with Crippen LogP contribution < -0.4 is 0 Å². The Morgan fingerprint density at radius 3 is 2.65 bits per heavy atom. The predicted octanol–water partition coefficient (Wildman–Crippen LogP) is 3.90. The number of Topliss-reactive ketones (excluding diaryl/α,β-unsaturated/α-hetero) is 1. The number of rotatable bonds is 2. The Bertz CT molecular complexity index is 702. The molecular weight excluding hydrogens is 250 g/mol. The van der Waals surface area contributed by atoms with Crippen molar-refractivity contribution in [3.8, 4) is 17.2 Å². The highest BCUT2D eigenvalue weighted by molar-refractivity contribution is 5.98. The van der Waals surface area contributed by atoms with E-state index in [4.69, 9.17) is 9.68 Å². The minimum atomic E-state index is 0.112. The van der Waals surface area contributed by atoms with Crippen molar-refractivity contribution in [1.29, 1.82) is 5.26 Å². The van der Waals surface area contributed by atoms with Crippen LogP contribution in [0, 0.1) is 11.3 Å². The zero-order chi connectivity index (χ0) is 14.1. The minimum Gasteiger partial charge on any atom is -0.457 e. The lowest BCUT2D eigenvalue weighted by molar-refractivity contribution is 0.0942. The lowest BCUT2D eigenvalue weighted by Crippen LogP contribution is -2.08. The van der Waals surface area contributed by atoms with Gasteiger partial charge in [-0.05, 0) is 30.5 Å². The van der Waals surface area contributed by atoms with Crippen molar-refractivity contribution in [2.75, 3.05) is 0 Å². The second-order valence-corrected chi connectivity index (χ2v) is 5.03. The summed E-state index contributed by atoms with van der Waals surface area (Å²) in [6.45, 7) is 2.03. The van der Waals surface area contributed by atoms with Crippen LogP contribution in [-0.4, -0.2) is 5.78 Å². The summed E-state index contributed by atoms with van der Waals surface area (Å²) in [5.41, 5.74) is 3.77. The molecule has 0 saturated carbocycles. The average molecular weight is 265 g/mol. The number of furan rings is 1. The van der Waals surface area contributed by atoms with E-state index in [2.05, 4.69) is 6.07 Å². The number of aryl methyl sites for hydroxylation is 1. The van der Waals surface area contributed by atoms with Crippen LogP contribution in [0.4, 0.5) is 0 Å². The van der Waals surface area contributed by atoms with Crippen molar-refractivity contribution in [3.05, 3.63) is 46.9 Å².